The minimum absolute atomic E-state index is 0.257. The number of sulfonamides is 1. The predicted molar refractivity (Wildman–Crippen MR) is 81.0 cm³/mol. The van der Waals surface area contributed by atoms with Crippen LogP contribution in [0.4, 0.5) is 0 Å². The van der Waals surface area contributed by atoms with Crippen molar-refractivity contribution in [2.24, 2.45) is 11.8 Å². The Kier molecular flexibility index (Phi) is 5.83. The number of hydrogen-bond acceptors (Lipinski definition) is 2. The molecule has 1 N–H and O–H groups in total. The Balaban J connectivity index is 2.90. The Bertz CT molecular complexity index is 515. The van der Waals surface area contributed by atoms with Gasteiger partial charge in [0.2, 0.25) is 10.0 Å². The molecule has 0 fully saturated rings. The Hall–Kier alpha value is 0.0900. The van der Waals surface area contributed by atoms with Crippen molar-refractivity contribution in [2.75, 3.05) is 6.54 Å². The lowest BCUT2D eigenvalue weighted by Gasteiger charge is -2.16. The summed E-state index contributed by atoms with van der Waals surface area (Å²) >= 11 is 6.54. The topological polar surface area (TPSA) is 46.2 Å². The summed E-state index contributed by atoms with van der Waals surface area (Å²) < 4.78 is 28.3. The van der Waals surface area contributed by atoms with Crippen molar-refractivity contribution in [3.8, 4) is 0 Å². The fourth-order valence-electron chi connectivity index (χ4n) is 1.24. The van der Waals surface area contributed by atoms with Gasteiger partial charge < -0.3 is 0 Å². The fraction of sp³-hybridized carbons (Fsp3) is 0.500. The fourth-order valence-corrected chi connectivity index (χ4v) is 3.88. The zero-order valence-corrected chi connectivity index (χ0v) is 14.6. The maximum Gasteiger partial charge on any atom is 0.241 e. The van der Waals surface area contributed by atoms with Crippen LogP contribution in [0.1, 0.15) is 20.8 Å². The molecule has 1 aromatic rings. The minimum Gasteiger partial charge on any atom is -0.211 e. The average molecular weight is 399 g/mol. The lowest BCUT2D eigenvalue weighted by atomic mass is 9.99. The molecule has 3 nitrogen and oxygen atoms in total. The van der Waals surface area contributed by atoms with E-state index >= 15 is 0 Å². The Morgan fingerprint density at radius 3 is 2.39 bits per heavy atom. The van der Waals surface area contributed by atoms with Crippen LogP contribution in [-0.2, 0) is 10.0 Å². The van der Waals surface area contributed by atoms with Crippen molar-refractivity contribution in [1.82, 2.24) is 4.72 Å². The highest BCUT2D eigenvalue weighted by Gasteiger charge is 2.19. The van der Waals surface area contributed by atoms with Crippen molar-refractivity contribution < 1.29 is 8.42 Å². The maximum atomic E-state index is 12.2. The van der Waals surface area contributed by atoms with E-state index < -0.39 is 10.0 Å². The van der Waals surface area contributed by atoms with Crippen molar-refractivity contribution in [3.05, 3.63) is 27.1 Å². The number of benzene rings is 1. The van der Waals surface area contributed by atoms with E-state index in [2.05, 4.69) is 50.4 Å². The molecule has 1 rings (SSSR count). The number of hydrogen-bond donors (Lipinski definition) is 1. The summed E-state index contributed by atoms with van der Waals surface area (Å²) in [5.74, 6) is 0.740. The van der Waals surface area contributed by atoms with Gasteiger partial charge in [0.25, 0.3) is 0 Å². The molecule has 0 aliphatic rings. The van der Waals surface area contributed by atoms with Crippen molar-refractivity contribution in [2.45, 2.75) is 25.7 Å². The normalized spacial score (nSPS) is 13.9. The highest BCUT2D eigenvalue weighted by Crippen LogP contribution is 2.25. The third-order valence-electron chi connectivity index (χ3n) is 2.92. The molecule has 0 saturated carbocycles. The van der Waals surface area contributed by atoms with E-state index in [1.54, 1.807) is 18.2 Å². The van der Waals surface area contributed by atoms with Crippen molar-refractivity contribution in [1.29, 1.82) is 0 Å². The summed E-state index contributed by atoms with van der Waals surface area (Å²) in [5, 5.41) is 0. The molecular weight excluding hydrogens is 382 g/mol. The van der Waals surface area contributed by atoms with Gasteiger partial charge in [-0.25, -0.2) is 13.1 Å². The van der Waals surface area contributed by atoms with Gasteiger partial charge in [-0.3, -0.25) is 0 Å². The second-order valence-corrected chi connectivity index (χ2v) is 8.15. The lowest BCUT2D eigenvalue weighted by Crippen LogP contribution is -2.30. The molecule has 1 unspecified atom stereocenters. The molecule has 0 heterocycles. The number of halogens is 2. The van der Waals surface area contributed by atoms with Gasteiger partial charge in [0, 0.05) is 15.5 Å². The standard InChI is InChI=1S/C12H17Br2NO2S/c1-8(2)9(3)7-15-18(16,17)12-6-10(13)4-5-11(12)14/h4-6,8-9,15H,7H2,1-3H3. The third kappa shape index (κ3) is 4.33. The van der Waals surface area contributed by atoms with Crippen molar-refractivity contribution >= 4 is 41.9 Å². The minimum atomic E-state index is -3.47. The molecule has 102 valence electrons. The maximum absolute atomic E-state index is 12.2. The van der Waals surface area contributed by atoms with Crippen LogP contribution in [0.15, 0.2) is 32.0 Å². The highest BCUT2D eigenvalue weighted by atomic mass is 79.9. The molecule has 0 radical (unpaired) electrons. The van der Waals surface area contributed by atoms with E-state index in [1.165, 1.54) is 0 Å². The first-order valence-electron chi connectivity index (χ1n) is 5.68. The average Bonchev–Trinajstić information content (AvgIpc) is 2.29. The van der Waals surface area contributed by atoms with Gasteiger partial charge in [-0.1, -0.05) is 36.7 Å². The highest BCUT2D eigenvalue weighted by molar-refractivity contribution is 9.11. The molecule has 0 aliphatic carbocycles. The quantitative estimate of drug-likeness (QED) is 0.820. The number of rotatable bonds is 5. The molecule has 0 spiro atoms. The van der Waals surface area contributed by atoms with Gasteiger partial charge in [-0.15, -0.1) is 0 Å². The number of nitrogens with one attached hydrogen (secondary N) is 1. The van der Waals surface area contributed by atoms with Gasteiger partial charge in [0.1, 0.15) is 0 Å². The summed E-state index contributed by atoms with van der Waals surface area (Å²) in [7, 11) is -3.47. The van der Waals surface area contributed by atoms with Gasteiger partial charge in [-0.05, 0) is 46.0 Å². The first-order valence-corrected chi connectivity index (χ1v) is 8.75. The smallest absolute Gasteiger partial charge is 0.211 e. The lowest BCUT2D eigenvalue weighted by molar-refractivity contribution is 0.414. The Morgan fingerprint density at radius 2 is 1.83 bits per heavy atom. The largest absolute Gasteiger partial charge is 0.241 e. The Labute approximate surface area is 126 Å². The predicted octanol–water partition coefficient (Wildman–Crippen LogP) is 3.78. The molecule has 0 saturated heterocycles. The zero-order chi connectivity index (χ0) is 13.9. The van der Waals surface area contributed by atoms with Gasteiger partial charge in [-0.2, -0.15) is 0 Å². The first-order chi connectivity index (χ1) is 8.24. The molecule has 0 aliphatic heterocycles. The summed E-state index contributed by atoms with van der Waals surface area (Å²) in [6, 6.07) is 5.09. The van der Waals surface area contributed by atoms with E-state index in [0.717, 1.165) is 4.47 Å². The molecule has 6 heteroatoms. The van der Waals surface area contributed by atoms with Crippen LogP contribution in [0, 0.1) is 11.8 Å². The SMILES string of the molecule is CC(C)C(C)CNS(=O)(=O)c1cc(Br)ccc1Br. The van der Waals surface area contributed by atoms with Gasteiger partial charge in [0.15, 0.2) is 0 Å². The second kappa shape index (κ2) is 6.50. The second-order valence-electron chi connectivity index (χ2n) is 4.65. The molecular formula is C12H17Br2NO2S. The molecule has 1 atom stereocenters. The van der Waals surface area contributed by atoms with Crippen LogP contribution in [0.2, 0.25) is 0 Å². The van der Waals surface area contributed by atoms with Gasteiger partial charge in [0.05, 0.1) is 4.90 Å². The monoisotopic (exact) mass is 397 g/mol. The van der Waals surface area contributed by atoms with Crippen LogP contribution in [0.25, 0.3) is 0 Å². The van der Waals surface area contributed by atoms with E-state index in [4.69, 9.17) is 0 Å². The Morgan fingerprint density at radius 1 is 1.22 bits per heavy atom. The van der Waals surface area contributed by atoms with Gasteiger partial charge >= 0.3 is 0 Å². The van der Waals surface area contributed by atoms with Crippen LogP contribution >= 0.6 is 31.9 Å². The summed E-state index contributed by atoms with van der Waals surface area (Å²) in [4.78, 5) is 0.257. The zero-order valence-electron chi connectivity index (χ0n) is 10.6. The van der Waals surface area contributed by atoms with E-state index in [-0.39, 0.29) is 4.90 Å². The first kappa shape index (κ1) is 16.1. The van der Waals surface area contributed by atoms with E-state index in [1.807, 2.05) is 6.92 Å². The molecule has 0 aromatic heterocycles. The summed E-state index contributed by atoms with van der Waals surface area (Å²) in [6.45, 7) is 6.63. The van der Waals surface area contributed by atoms with E-state index in [0.29, 0.717) is 22.9 Å². The molecule has 0 bridgehead atoms. The molecule has 1 aromatic carbocycles. The van der Waals surface area contributed by atoms with Crippen molar-refractivity contribution in [3.63, 3.8) is 0 Å². The summed E-state index contributed by atoms with van der Waals surface area (Å²) in [6.07, 6.45) is 0. The van der Waals surface area contributed by atoms with E-state index in [9.17, 15) is 8.42 Å². The van der Waals surface area contributed by atoms with Crippen LogP contribution < -0.4 is 4.72 Å². The van der Waals surface area contributed by atoms with Crippen LogP contribution in [-0.4, -0.2) is 15.0 Å². The molecule has 18 heavy (non-hydrogen) atoms. The summed E-state index contributed by atoms with van der Waals surface area (Å²) in [5.41, 5.74) is 0. The van der Waals surface area contributed by atoms with Crippen LogP contribution in [0.5, 0.6) is 0 Å². The molecule has 0 amide bonds. The third-order valence-corrected chi connectivity index (χ3v) is 5.83. The van der Waals surface area contributed by atoms with Crippen LogP contribution in [0.3, 0.4) is 0 Å².